The maximum absolute atomic E-state index is 11.5. The van der Waals surface area contributed by atoms with Gasteiger partial charge in [-0.3, -0.25) is 0 Å². The number of nitrogens with two attached hydrogens (primary N) is 1. The predicted octanol–water partition coefficient (Wildman–Crippen LogP) is 2.13. The van der Waals surface area contributed by atoms with Crippen molar-refractivity contribution < 1.29 is 14.8 Å². The lowest BCUT2D eigenvalue weighted by Crippen LogP contribution is -2.80. The quantitative estimate of drug-likeness (QED) is 0.817. The molecule has 0 saturated heterocycles. The Balaban J connectivity index is 1.83. The van der Waals surface area contributed by atoms with Crippen molar-refractivity contribution in [3.63, 3.8) is 0 Å². The zero-order chi connectivity index (χ0) is 14.2. The lowest BCUT2D eigenvalue weighted by molar-refractivity contribution is -0.686. The zero-order valence-electron chi connectivity index (χ0n) is 11.7. The fraction of sp³-hybridized carbons (Fsp3) is 0.235. The third-order valence-corrected chi connectivity index (χ3v) is 3.07. The van der Waals surface area contributed by atoms with Crippen LogP contribution in [0.2, 0.25) is 0 Å². The maximum atomic E-state index is 11.5. The molecule has 0 bridgehead atoms. The number of hydrogen-bond donors (Lipinski definition) is 1. The number of carbonyl (C=O) groups is 1. The van der Waals surface area contributed by atoms with Crippen molar-refractivity contribution in [3.8, 4) is 0 Å². The molecule has 0 amide bonds. The average Bonchev–Trinajstić information content (AvgIpc) is 2.49. The summed E-state index contributed by atoms with van der Waals surface area (Å²) in [6.45, 7) is 4.08. The molecular formula is C17H20NO2+. The monoisotopic (exact) mass is 270 g/mol. The predicted molar refractivity (Wildman–Crippen MR) is 78.2 cm³/mol. The number of esters is 1. The molecule has 104 valence electrons. The van der Waals surface area contributed by atoms with E-state index in [1.54, 1.807) is 0 Å². The Kier molecular flexibility index (Phi) is 5.33. The minimum Gasteiger partial charge on any atom is -0.462 e. The van der Waals surface area contributed by atoms with Crippen LogP contribution in [0.5, 0.6) is 0 Å². The van der Waals surface area contributed by atoms with Gasteiger partial charge < -0.3 is 10.1 Å². The molecule has 0 saturated carbocycles. The molecule has 0 aromatic heterocycles. The zero-order valence-corrected chi connectivity index (χ0v) is 11.7. The molecule has 3 nitrogen and oxygen atoms in total. The van der Waals surface area contributed by atoms with Crippen molar-refractivity contribution >= 4 is 5.97 Å². The Morgan fingerprint density at radius 3 is 2.15 bits per heavy atom. The van der Waals surface area contributed by atoms with E-state index in [0.29, 0.717) is 12.2 Å². The first kappa shape index (κ1) is 14.3. The van der Waals surface area contributed by atoms with E-state index in [2.05, 4.69) is 29.6 Å². The van der Waals surface area contributed by atoms with Crippen molar-refractivity contribution in [3.05, 3.63) is 71.3 Å². The molecule has 20 heavy (non-hydrogen) atoms. The summed E-state index contributed by atoms with van der Waals surface area (Å²) in [5.74, 6) is -0.257. The van der Waals surface area contributed by atoms with Crippen molar-refractivity contribution in [1.82, 2.24) is 0 Å². The van der Waals surface area contributed by atoms with E-state index < -0.39 is 0 Å². The number of hydrogen-bond acceptors (Lipinski definition) is 2. The molecule has 2 aromatic carbocycles. The summed E-state index contributed by atoms with van der Waals surface area (Å²) in [5.41, 5.74) is 3.13. The van der Waals surface area contributed by atoms with E-state index in [0.717, 1.165) is 13.1 Å². The van der Waals surface area contributed by atoms with Gasteiger partial charge in [-0.2, -0.15) is 0 Å². The average molecular weight is 270 g/mol. The van der Waals surface area contributed by atoms with Gasteiger partial charge in [0.25, 0.3) is 0 Å². The summed E-state index contributed by atoms with van der Waals surface area (Å²) < 4.78 is 4.96. The Morgan fingerprint density at radius 2 is 1.55 bits per heavy atom. The van der Waals surface area contributed by atoms with Gasteiger partial charge in [0.1, 0.15) is 13.1 Å². The Bertz CT molecular complexity index is 535. The van der Waals surface area contributed by atoms with Crippen LogP contribution in [0, 0.1) is 0 Å². The van der Waals surface area contributed by atoms with Crippen LogP contribution >= 0.6 is 0 Å². The molecule has 0 radical (unpaired) electrons. The topological polar surface area (TPSA) is 42.9 Å². The van der Waals surface area contributed by atoms with E-state index in [9.17, 15) is 4.79 Å². The fourth-order valence-corrected chi connectivity index (χ4v) is 2.01. The summed E-state index contributed by atoms with van der Waals surface area (Å²) in [6.07, 6.45) is 0. The van der Waals surface area contributed by atoms with Gasteiger partial charge in [0.05, 0.1) is 12.2 Å². The summed E-state index contributed by atoms with van der Waals surface area (Å²) in [7, 11) is 0. The highest BCUT2D eigenvalue weighted by Crippen LogP contribution is 2.05. The fourth-order valence-electron chi connectivity index (χ4n) is 2.01. The third-order valence-electron chi connectivity index (χ3n) is 3.07. The third kappa shape index (κ3) is 4.21. The van der Waals surface area contributed by atoms with Gasteiger partial charge in [0.2, 0.25) is 0 Å². The van der Waals surface area contributed by atoms with Crippen LogP contribution in [0.15, 0.2) is 54.6 Å². The van der Waals surface area contributed by atoms with Gasteiger partial charge in [-0.05, 0) is 19.1 Å². The van der Waals surface area contributed by atoms with Gasteiger partial charge in [-0.25, -0.2) is 4.79 Å². The van der Waals surface area contributed by atoms with Gasteiger partial charge in [0, 0.05) is 11.1 Å². The van der Waals surface area contributed by atoms with E-state index in [-0.39, 0.29) is 5.97 Å². The van der Waals surface area contributed by atoms with E-state index >= 15 is 0 Å². The van der Waals surface area contributed by atoms with Gasteiger partial charge >= 0.3 is 5.97 Å². The molecule has 0 spiro atoms. The van der Waals surface area contributed by atoms with Crippen LogP contribution in [0.4, 0.5) is 0 Å². The van der Waals surface area contributed by atoms with E-state index in [1.807, 2.05) is 37.3 Å². The Hall–Kier alpha value is -2.13. The number of carbonyl (C=O) groups excluding carboxylic acids is 1. The van der Waals surface area contributed by atoms with Crippen LogP contribution < -0.4 is 5.32 Å². The summed E-state index contributed by atoms with van der Waals surface area (Å²) in [5, 5.41) is 2.24. The first-order valence-electron chi connectivity index (χ1n) is 6.91. The highest BCUT2D eigenvalue weighted by atomic mass is 16.5. The standard InChI is InChI=1S/C17H19NO2/c1-2-20-17(19)16-10-8-15(9-11-16)13-18-12-14-6-4-3-5-7-14/h3-11,18H,2,12-13H2,1H3/p+1. The number of quaternary nitrogens is 1. The molecule has 2 aromatic rings. The van der Waals surface area contributed by atoms with Crippen molar-refractivity contribution in [1.29, 1.82) is 0 Å². The highest BCUT2D eigenvalue weighted by molar-refractivity contribution is 5.89. The SMILES string of the molecule is CCOC(=O)c1ccc(C[NH2+]Cc2ccccc2)cc1. The number of ether oxygens (including phenoxy) is 1. The molecule has 0 atom stereocenters. The molecule has 0 heterocycles. The Morgan fingerprint density at radius 1 is 0.950 bits per heavy atom. The first-order chi connectivity index (χ1) is 9.79. The second kappa shape index (κ2) is 7.46. The minimum absolute atomic E-state index is 0.257. The molecule has 3 heteroatoms. The summed E-state index contributed by atoms with van der Waals surface area (Å²) in [4.78, 5) is 11.5. The molecule has 2 N–H and O–H groups in total. The van der Waals surface area contributed by atoms with Gasteiger partial charge in [0.15, 0.2) is 0 Å². The first-order valence-corrected chi connectivity index (χ1v) is 6.91. The van der Waals surface area contributed by atoms with E-state index in [1.165, 1.54) is 11.1 Å². The lowest BCUT2D eigenvalue weighted by Gasteiger charge is -2.04. The molecule has 0 fully saturated rings. The van der Waals surface area contributed by atoms with Crippen molar-refractivity contribution in [2.45, 2.75) is 20.0 Å². The van der Waals surface area contributed by atoms with Crippen LogP contribution in [-0.4, -0.2) is 12.6 Å². The molecule has 0 aliphatic heterocycles. The lowest BCUT2D eigenvalue weighted by atomic mass is 10.1. The summed E-state index contributed by atoms with van der Waals surface area (Å²) >= 11 is 0. The largest absolute Gasteiger partial charge is 0.462 e. The molecular weight excluding hydrogens is 250 g/mol. The number of rotatable bonds is 6. The Labute approximate surface area is 119 Å². The van der Waals surface area contributed by atoms with Gasteiger partial charge in [-0.15, -0.1) is 0 Å². The maximum Gasteiger partial charge on any atom is 0.338 e. The second-order valence-corrected chi connectivity index (χ2v) is 4.60. The number of benzene rings is 2. The second-order valence-electron chi connectivity index (χ2n) is 4.60. The van der Waals surface area contributed by atoms with E-state index in [4.69, 9.17) is 4.74 Å². The van der Waals surface area contributed by atoms with Gasteiger partial charge in [-0.1, -0.05) is 42.5 Å². The summed E-state index contributed by atoms with van der Waals surface area (Å²) in [6, 6.07) is 18.0. The van der Waals surface area contributed by atoms with Crippen molar-refractivity contribution in [2.75, 3.05) is 6.61 Å². The minimum atomic E-state index is -0.257. The van der Waals surface area contributed by atoms with Crippen LogP contribution in [0.25, 0.3) is 0 Å². The van der Waals surface area contributed by atoms with Crippen molar-refractivity contribution in [2.24, 2.45) is 0 Å². The molecule has 0 aliphatic carbocycles. The van der Waals surface area contributed by atoms with Crippen LogP contribution in [0.3, 0.4) is 0 Å². The molecule has 0 aliphatic rings. The molecule has 0 unspecified atom stereocenters. The molecule has 2 rings (SSSR count). The van der Waals surface area contributed by atoms with Crippen LogP contribution in [-0.2, 0) is 17.8 Å². The highest BCUT2D eigenvalue weighted by Gasteiger charge is 2.05. The normalized spacial score (nSPS) is 10.2. The van der Waals surface area contributed by atoms with Crippen LogP contribution in [0.1, 0.15) is 28.4 Å². The smallest absolute Gasteiger partial charge is 0.338 e.